The van der Waals surface area contributed by atoms with Gasteiger partial charge in [0, 0.05) is 13.2 Å². The summed E-state index contributed by atoms with van der Waals surface area (Å²) in [6.45, 7) is 3.42. The lowest BCUT2D eigenvalue weighted by molar-refractivity contribution is -0.119. The molecule has 2 aromatic heterocycles. The van der Waals surface area contributed by atoms with Gasteiger partial charge in [-0.2, -0.15) is 10.2 Å². The van der Waals surface area contributed by atoms with Crippen molar-refractivity contribution in [2.45, 2.75) is 19.9 Å². The number of nitrogens with one attached hydrogen (secondary N) is 1. The van der Waals surface area contributed by atoms with Crippen LogP contribution in [-0.4, -0.2) is 49.1 Å². The number of anilines is 1. The summed E-state index contributed by atoms with van der Waals surface area (Å²) in [6.07, 6.45) is 3.71. The number of hydrogen-bond acceptors (Lipinski definition) is 6. The van der Waals surface area contributed by atoms with E-state index >= 15 is 0 Å². The molecule has 2 rings (SSSR count). The largest absolute Gasteiger partial charge is 0.478 e. The van der Waals surface area contributed by atoms with Crippen LogP contribution in [0.4, 0.5) is 5.82 Å². The Hall–Kier alpha value is -3.17. The van der Waals surface area contributed by atoms with E-state index in [1.54, 1.807) is 20.9 Å². The average molecular weight is 335 g/mol. The van der Waals surface area contributed by atoms with Crippen molar-refractivity contribution in [3.05, 3.63) is 29.7 Å². The van der Waals surface area contributed by atoms with E-state index in [-0.39, 0.29) is 23.6 Å². The van der Waals surface area contributed by atoms with Gasteiger partial charge in [0.2, 0.25) is 5.91 Å². The zero-order valence-corrected chi connectivity index (χ0v) is 13.4. The first-order chi connectivity index (χ1) is 11.3. The monoisotopic (exact) mass is 335 g/mol. The maximum absolute atomic E-state index is 12.4. The van der Waals surface area contributed by atoms with Gasteiger partial charge in [-0.15, -0.1) is 0 Å². The quantitative estimate of drug-likeness (QED) is 0.743. The molecule has 1 atom stereocenters. The summed E-state index contributed by atoms with van der Waals surface area (Å²) >= 11 is 0. The molecule has 2 heterocycles. The fourth-order valence-corrected chi connectivity index (χ4v) is 1.95. The SMILES string of the molecule is CCOC(=O)c1cnn(C)c1NC(=O)C(C)n1cc(C(=O)O)cn1. The van der Waals surface area contributed by atoms with E-state index in [1.165, 1.54) is 21.8 Å². The zero-order chi connectivity index (χ0) is 17.9. The molecule has 0 fully saturated rings. The van der Waals surface area contributed by atoms with Crippen molar-refractivity contribution in [2.24, 2.45) is 7.05 Å². The van der Waals surface area contributed by atoms with E-state index in [9.17, 15) is 14.4 Å². The molecule has 10 nitrogen and oxygen atoms in total. The highest BCUT2D eigenvalue weighted by Crippen LogP contribution is 2.17. The van der Waals surface area contributed by atoms with E-state index in [1.807, 2.05) is 0 Å². The second-order valence-corrected chi connectivity index (χ2v) is 4.93. The van der Waals surface area contributed by atoms with E-state index in [4.69, 9.17) is 9.84 Å². The standard InChI is InChI=1S/C14H17N5O5/c1-4-24-14(23)10-6-15-18(3)11(10)17-12(20)8(2)19-7-9(5-16-19)13(21)22/h5-8H,4H2,1-3H3,(H,17,20)(H,21,22). The third kappa shape index (κ3) is 3.42. The van der Waals surface area contributed by atoms with Crippen molar-refractivity contribution in [1.29, 1.82) is 0 Å². The topological polar surface area (TPSA) is 128 Å². The van der Waals surface area contributed by atoms with Gasteiger partial charge in [-0.05, 0) is 13.8 Å². The van der Waals surface area contributed by atoms with Crippen LogP contribution in [0.25, 0.3) is 0 Å². The lowest BCUT2D eigenvalue weighted by Gasteiger charge is -2.13. The number of carboxylic acid groups (broad SMARTS) is 1. The number of amides is 1. The summed E-state index contributed by atoms with van der Waals surface area (Å²) in [5.41, 5.74) is 0.106. The average Bonchev–Trinajstić information content (AvgIpc) is 3.15. The fourth-order valence-electron chi connectivity index (χ4n) is 1.95. The summed E-state index contributed by atoms with van der Waals surface area (Å²) < 4.78 is 7.47. The van der Waals surface area contributed by atoms with Crippen molar-refractivity contribution >= 4 is 23.7 Å². The van der Waals surface area contributed by atoms with Crippen LogP contribution in [0, 0.1) is 0 Å². The summed E-state index contributed by atoms with van der Waals surface area (Å²) in [5, 5.41) is 19.3. The second kappa shape index (κ2) is 6.94. The highest BCUT2D eigenvalue weighted by molar-refractivity contribution is 6.01. The van der Waals surface area contributed by atoms with Crippen LogP contribution >= 0.6 is 0 Å². The van der Waals surface area contributed by atoms with Gasteiger partial charge in [-0.3, -0.25) is 14.2 Å². The van der Waals surface area contributed by atoms with Crippen molar-refractivity contribution in [1.82, 2.24) is 19.6 Å². The number of aromatic carboxylic acids is 1. The molecule has 1 unspecified atom stereocenters. The lowest BCUT2D eigenvalue weighted by Crippen LogP contribution is -2.26. The molecular formula is C14H17N5O5. The molecule has 0 aromatic carbocycles. The van der Waals surface area contributed by atoms with E-state index < -0.39 is 23.9 Å². The molecule has 2 N–H and O–H groups in total. The molecule has 0 aliphatic rings. The van der Waals surface area contributed by atoms with Gasteiger partial charge < -0.3 is 15.2 Å². The molecule has 0 aliphatic carbocycles. The summed E-state index contributed by atoms with van der Waals surface area (Å²) in [5.74, 6) is -2.02. The van der Waals surface area contributed by atoms with Crippen molar-refractivity contribution < 1.29 is 24.2 Å². The predicted octanol–water partition coefficient (Wildman–Crippen LogP) is 0.691. The van der Waals surface area contributed by atoms with Gasteiger partial charge in [0.25, 0.3) is 0 Å². The summed E-state index contributed by atoms with van der Waals surface area (Å²) in [4.78, 5) is 35.1. The van der Waals surface area contributed by atoms with Crippen LogP contribution in [0.2, 0.25) is 0 Å². The minimum absolute atomic E-state index is 0.0256. The molecule has 128 valence electrons. The predicted molar refractivity (Wildman–Crippen MR) is 81.7 cm³/mol. The molecule has 0 spiro atoms. The second-order valence-electron chi connectivity index (χ2n) is 4.93. The minimum atomic E-state index is -1.13. The fraction of sp³-hybridized carbons (Fsp3) is 0.357. The van der Waals surface area contributed by atoms with E-state index in [0.29, 0.717) is 0 Å². The molecule has 1 amide bonds. The Morgan fingerprint density at radius 1 is 1.33 bits per heavy atom. The Balaban J connectivity index is 2.18. The number of ether oxygens (including phenoxy) is 1. The molecule has 2 aromatic rings. The molecule has 0 aliphatic heterocycles. The molecular weight excluding hydrogens is 318 g/mol. The Bertz CT molecular complexity index is 778. The Labute approximate surface area is 137 Å². The third-order valence-corrected chi connectivity index (χ3v) is 3.30. The van der Waals surface area contributed by atoms with Crippen molar-refractivity contribution in [3.63, 3.8) is 0 Å². The highest BCUT2D eigenvalue weighted by atomic mass is 16.5. The maximum atomic E-state index is 12.4. The molecule has 0 bridgehead atoms. The Kier molecular flexibility index (Phi) is 4.97. The van der Waals surface area contributed by atoms with Gasteiger partial charge in [-0.1, -0.05) is 0 Å². The summed E-state index contributed by atoms with van der Waals surface area (Å²) in [7, 11) is 1.57. The van der Waals surface area contributed by atoms with Crippen LogP contribution in [-0.2, 0) is 16.6 Å². The number of nitrogens with zero attached hydrogens (tertiary/aromatic N) is 4. The van der Waals surface area contributed by atoms with Crippen molar-refractivity contribution in [3.8, 4) is 0 Å². The van der Waals surface area contributed by atoms with Crippen LogP contribution in [0.3, 0.4) is 0 Å². The van der Waals surface area contributed by atoms with Gasteiger partial charge in [0.1, 0.15) is 17.4 Å². The number of esters is 1. The Morgan fingerprint density at radius 2 is 2.04 bits per heavy atom. The first-order valence-corrected chi connectivity index (χ1v) is 7.12. The highest BCUT2D eigenvalue weighted by Gasteiger charge is 2.23. The molecule has 0 radical (unpaired) electrons. The van der Waals surface area contributed by atoms with Crippen LogP contribution in [0.1, 0.15) is 40.6 Å². The first-order valence-electron chi connectivity index (χ1n) is 7.12. The summed E-state index contributed by atoms with van der Waals surface area (Å²) in [6, 6.07) is -0.789. The Morgan fingerprint density at radius 3 is 2.62 bits per heavy atom. The van der Waals surface area contributed by atoms with Gasteiger partial charge in [-0.25, -0.2) is 9.59 Å². The first kappa shape index (κ1) is 17.2. The number of hydrogen-bond donors (Lipinski definition) is 2. The number of carbonyl (C=O) groups is 3. The van der Waals surface area contributed by atoms with E-state index in [2.05, 4.69) is 15.5 Å². The van der Waals surface area contributed by atoms with Crippen molar-refractivity contribution in [2.75, 3.05) is 11.9 Å². The van der Waals surface area contributed by atoms with Gasteiger partial charge >= 0.3 is 11.9 Å². The number of aromatic nitrogens is 4. The molecule has 0 saturated carbocycles. The number of aryl methyl sites for hydroxylation is 1. The normalized spacial score (nSPS) is 11.8. The van der Waals surface area contributed by atoms with Gasteiger partial charge in [0.15, 0.2) is 0 Å². The van der Waals surface area contributed by atoms with E-state index in [0.717, 1.165) is 6.20 Å². The zero-order valence-electron chi connectivity index (χ0n) is 13.4. The van der Waals surface area contributed by atoms with Crippen LogP contribution < -0.4 is 5.32 Å². The van der Waals surface area contributed by atoms with Gasteiger partial charge in [0.05, 0.1) is 24.6 Å². The maximum Gasteiger partial charge on any atom is 0.343 e. The number of carboxylic acids is 1. The molecule has 0 saturated heterocycles. The number of rotatable bonds is 6. The molecule has 24 heavy (non-hydrogen) atoms. The molecule has 10 heteroatoms. The minimum Gasteiger partial charge on any atom is -0.478 e. The smallest absolute Gasteiger partial charge is 0.343 e. The van der Waals surface area contributed by atoms with Crippen LogP contribution in [0.15, 0.2) is 18.6 Å². The third-order valence-electron chi connectivity index (χ3n) is 3.30. The number of carbonyl (C=O) groups excluding carboxylic acids is 2. The lowest BCUT2D eigenvalue weighted by atomic mass is 10.3. The van der Waals surface area contributed by atoms with Crippen LogP contribution in [0.5, 0.6) is 0 Å².